The van der Waals surface area contributed by atoms with Crippen molar-refractivity contribution in [2.75, 3.05) is 0 Å². The van der Waals surface area contributed by atoms with Crippen molar-refractivity contribution in [1.82, 2.24) is 0 Å². The third-order valence-corrected chi connectivity index (χ3v) is 4.30. The first-order chi connectivity index (χ1) is 14.4. The van der Waals surface area contributed by atoms with Gasteiger partial charge in [-0.15, -0.1) is 0 Å². The van der Waals surface area contributed by atoms with E-state index < -0.39 is 111 Å². The van der Waals surface area contributed by atoms with Gasteiger partial charge < -0.3 is 0 Å². The van der Waals surface area contributed by atoms with Crippen molar-refractivity contribution in [2.45, 2.75) is 5.92 Å². The zero-order valence-electron chi connectivity index (χ0n) is 14.3. The molecular formula is C19H4F12. The van der Waals surface area contributed by atoms with Crippen molar-refractivity contribution < 1.29 is 52.7 Å². The van der Waals surface area contributed by atoms with Gasteiger partial charge in [-0.25, -0.2) is 52.7 Å². The molecule has 31 heavy (non-hydrogen) atoms. The van der Waals surface area contributed by atoms with Crippen LogP contribution in [0, 0.1) is 69.8 Å². The Morgan fingerprint density at radius 3 is 0.645 bits per heavy atom. The summed E-state index contributed by atoms with van der Waals surface area (Å²) in [5.74, 6) is -32.0. The molecule has 0 unspecified atom stereocenters. The third-order valence-electron chi connectivity index (χ3n) is 4.30. The van der Waals surface area contributed by atoms with Gasteiger partial charge in [0, 0.05) is 34.9 Å². The Morgan fingerprint density at radius 1 is 0.323 bits per heavy atom. The van der Waals surface area contributed by atoms with Crippen LogP contribution in [-0.4, -0.2) is 0 Å². The Bertz CT molecular complexity index is 988. The molecule has 0 aliphatic rings. The maximum atomic E-state index is 14.3. The molecule has 0 spiro atoms. The van der Waals surface area contributed by atoms with E-state index in [1.807, 2.05) is 0 Å². The lowest BCUT2D eigenvalue weighted by atomic mass is 9.82. The van der Waals surface area contributed by atoms with Crippen LogP contribution in [0.15, 0.2) is 18.2 Å². The molecule has 0 amide bonds. The van der Waals surface area contributed by atoms with E-state index in [0.717, 1.165) is 0 Å². The molecule has 0 saturated heterocycles. The summed E-state index contributed by atoms with van der Waals surface area (Å²) in [6.45, 7) is 0. The molecule has 3 rings (SSSR count). The van der Waals surface area contributed by atoms with Gasteiger partial charge in [-0.1, -0.05) is 0 Å². The molecule has 164 valence electrons. The summed E-state index contributed by atoms with van der Waals surface area (Å²) in [5.41, 5.74) is -6.62. The van der Waals surface area contributed by atoms with E-state index in [1.54, 1.807) is 0 Å². The maximum Gasteiger partial charge on any atom is 0.166 e. The summed E-state index contributed by atoms with van der Waals surface area (Å²) in [7, 11) is 0. The zero-order chi connectivity index (χ0) is 23.4. The van der Waals surface area contributed by atoms with Gasteiger partial charge in [-0.3, -0.25) is 0 Å². The molecule has 0 saturated carbocycles. The summed E-state index contributed by atoms with van der Waals surface area (Å²) < 4.78 is 168. The lowest BCUT2D eigenvalue weighted by Crippen LogP contribution is -2.20. The van der Waals surface area contributed by atoms with Gasteiger partial charge in [-0.2, -0.15) is 0 Å². The zero-order valence-corrected chi connectivity index (χ0v) is 14.3. The van der Waals surface area contributed by atoms with E-state index in [1.165, 1.54) is 0 Å². The molecule has 0 radical (unpaired) electrons. The molecule has 3 aromatic carbocycles. The Hall–Kier alpha value is -3.18. The minimum absolute atomic E-state index is 0.400. The highest BCUT2D eigenvalue weighted by Crippen LogP contribution is 2.42. The highest BCUT2D eigenvalue weighted by Gasteiger charge is 2.39. The molecule has 0 nitrogen and oxygen atoms in total. The summed E-state index contributed by atoms with van der Waals surface area (Å²) >= 11 is 0. The number of benzene rings is 3. The van der Waals surface area contributed by atoms with Crippen LogP contribution in [0.2, 0.25) is 0 Å². The van der Waals surface area contributed by atoms with Crippen molar-refractivity contribution in [2.24, 2.45) is 0 Å². The average molecular weight is 460 g/mol. The highest BCUT2D eigenvalue weighted by molar-refractivity contribution is 5.47. The number of rotatable bonds is 3. The predicted octanol–water partition coefficient (Wildman–Crippen LogP) is 6.54. The topological polar surface area (TPSA) is 0 Å². The lowest BCUT2D eigenvalue weighted by molar-refractivity contribution is 0.401. The normalized spacial score (nSPS) is 11.5. The molecule has 12 heteroatoms. The van der Waals surface area contributed by atoms with Crippen molar-refractivity contribution in [1.29, 1.82) is 0 Å². The maximum absolute atomic E-state index is 14.3. The van der Waals surface area contributed by atoms with E-state index in [2.05, 4.69) is 0 Å². The number of hydrogen-bond donors (Lipinski definition) is 0. The molecule has 0 aliphatic carbocycles. The Kier molecular flexibility index (Phi) is 5.68. The van der Waals surface area contributed by atoms with Gasteiger partial charge >= 0.3 is 0 Å². The second-order valence-corrected chi connectivity index (χ2v) is 6.08. The summed E-state index contributed by atoms with van der Waals surface area (Å²) in [4.78, 5) is 0. The fourth-order valence-corrected chi connectivity index (χ4v) is 2.97. The summed E-state index contributed by atoms with van der Waals surface area (Å²) in [6.07, 6.45) is 0. The summed E-state index contributed by atoms with van der Waals surface area (Å²) in [6, 6.07) is -1.20. The van der Waals surface area contributed by atoms with Gasteiger partial charge in [0.05, 0.1) is 5.92 Å². The van der Waals surface area contributed by atoms with Crippen LogP contribution in [-0.2, 0) is 0 Å². The van der Waals surface area contributed by atoms with Crippen LogP contribution >= 0.6 is 0 Å². The van der Waals surface area contributed by atoms with E-state index in [4.69, 9.17) is 0 Å². The van der Waals surface area contributed by atoms with E-state index in [-0.39, 0.29) is 0 Å². The van der Waals surface area contributed by atoms with Crippen molar-refractivity contribution >= 4 is 0 Å². The molecule has 0 N–H and O–H groups in total. The second-order valence-electron chi connectivity index (χ2n) is 6.08. The van der Waals surface area contributed by atoms with Crippen LogP contribution in [0.25, 0.3) is 0 Å². The van der Waals surface area contributed by atoms with Crippen molar-refractivity contribution in [3.63, 3.8) is 0 Å². The number of halogens is 12. The first-order valence-corrected chi connectivity index (χ1v) is 7.87. The largest absolute Gasteiger partial charge is 0.204 e. The van der Waals surface area contributed by atoms with Crippen LogP contribution in [0.1, 0.15) is 22.6 Å². The fourth-order valence-electron chi connectivity index (χ4n) is 2.97. The molecule has 0 aromatic heterocycles. The monoisotopic (exact) mass is 460 g/mol. The standard InChI is InChI=1S/C19H4F12/c20-4-1-5(21)15(27)11(14(4)26)10(12-16(28)6(22)2-7(23)17(12)29)13-18(30)8(24)3-9(25)19(13)31/h1-3,10H. The molecular weight excluding hydrogens is 456 g/mol. The Labute approximate surface area is 164 Å². The molecule has 0 bridgehead atoms. The first-order valence-electron chi connectivity index (χ1n) is 7.87. The number of hydrogen-bond acceptors (Lipinski definition) is 0. The van der Waals surface area contributed by atoms with Crippen LogP contribution in [0.4, 0.5) is 52.7 Å². The smallest absolute Gasteiger partial charge is 0.166 e. The van der Waals surface area contributed by atoms with Crippen molar-refractivity contribution in [3.05, 3.63) is 105 Å². The van der Waals surface area contributed by atoms with E-state index in [9.17, 15) is 52.7 Å². The van der Waals surface area contributed by atoms with E-state index in [0.29, 0.717) is 0 Å². The van der Waals surface area contributed by atoms with Gasteiger partial charge in [0.1, 0.15) is 0 Å². The minimum atomic E-state index is -3.44. The van der Waals surface area contributed by atoms with Crippen LogP contribution in [0.3, 0.4) is 0 Å². The summed E-state index contributed by atoms with van der Waals surface area (Å²) in [5, 5.41) is 0. The SMILES string of the molecule is Fc1cc(F)c(F)c(C(c2c(F)c(F)cc(F)c2F)c2c(F)c(F)cc(F)c2F)c1F. The van der Waals surface area contributed by atoms with Crippen LogP contribution < -0.4 is 0 Å². The van der Waals surface area contributed by atoms with Gasteiger partial charge in [0.2, 0.25) is 0 Å². The molecule has 3 aromatic rings. The lowest BCUT2D eigenvalue weighted by Gasteiger charge is -2.23. The van der Waals surface area contributed by atoms with Gasteiger partial charge in [0.15, 0.2) is 69.8 Å². The Balaban J connectivity index is 2.61. The second kappa shape index (κ2) is 7.82. The highest BCUT2D eigenvalue weighted by atomic mass is 19.2. The first kappa shape index (κ1) is 22.5. The van der Waals surface area contributed by atoms with E-state index >= 15 is 0 Å². The quantitative estimate of drug-likeness (QED) is 0.237. The van der Waals surface area contributed by atoms with Crippen LogP contribution in [0.5, 0.6) is 0 Å². The van der Waals surface area contributed by atoms with Crippen molar-refractivity contribution in [3.8, 4) is 0 Å². The fraction of sp³-hybridized carbons (Fsp3) is 0.0526. The molecule has 0 aliphatic heterocycles. The average Bonchev–Trinajstić information content (AvgIpc) is 2.69. The van der Waals surface area contributed by atoms with Gasteiger partial charge in [0.25, 0.3) is 0 Å². The molecule has 0 fully saturated rings. The predicted molar refractivity (Wildman–Crippen MR) is 79.8 cm³/mol. The minimum Gasteiger partial charge on any atom is -0.204 e. The third kappa shape index (κ3) is 3.49. The molecule has 0 heterocycles. The molecule has 0 atom stereocenters. The Morgan fingerprint density at radius 2 is 0.484 bits per heavy atom. The van der Waals surface area contributed by atoms with Gasteiger partial charge in [-0.05, 0) is 0 Å².